The Kier molecular flexibility index (Phi) is 8.60. The first kappa shape index (κ1) is 21.5. The second-order valence-corrected chi connectivity index (χ2v) is 6.78. The van der Waals surface area contributed by atoms with Gasteiger partial charge in [0.05, 0.1) is 12.3 Å². The van der Waals surface area contributed by atoms with E-state index in [1.807, 2.05) is 44.2 Å². The highest BCUT2D eigenvalue weighted by Crippen LogP contribution is 2.28. The number of rotatable bonds is 10. The van der Waals surface area contributed by atoms with Crippen LogP contribution in [0.3, 0.4) is 0 Å². The molecule has 0 atom stereocenters. The van der Waals surface area contributed by atoms with Crippen molar-refractivity contribution in [2.75, 3.05) is 20.3 Å². The predicted octanol–water partition coefficient (Wildman–Crippen LogP) is 5.64. The summed E-state index contributed by atoms with van der Waals surface area (Å²) >= 11 is 0. The predicted molar refractivity (Wildman–Crippen MR) is 116 cm³/mol. The molecule has 0 fully saturated rings. The van der Waals surface area contributed by atoms with Gasteiger partial charge in [0.2, 0.25) is 0 Å². The SMILES string of the molecule is C/C=C/COc1cc(C)c(OCCCc2cccc(/C(C)=N/OC)c2)c(C)c1. The molecule has 0 spiro atoms. The molecule has 0 unspecified atom stereocenters. The molecule has 2 aromatic rings. The van der Waals surface area contributed by atoms with Crippen LogP contribution >= 0.6 is 0 Å². The minimum Gasteiger partial charge on any atom is -0.493 e. The quantitative estimate of drug-likeness (QED) is 0.231. The van der Waals surface area contributed by atoms with E-state index in [-0.39, 0.29) is 0 Å². The monoisotopic (exact) mass is 381 g/mol. The largest absolute Gasteiger partial charge is 0.493 e. The van der Waals surface area contributed by atoms with Gasteiger partial charge in [-0.2, -0.15) is 0 Å². The fourth-order valence-electron chi connectivity index (χ4n) is 3.05. The average molecular weight is 382 g/mol. The van der Waals surface area contributed by atoms with Gasteiger partial charge in [0.25, 0.3) is 0 Å². The third-order valence-electron chi connectivity index (χ3n) is 4.44. The maximum absolute atomic E-state index is 6.07. The van der Waals surface area contributed by atoms with E-state index in [0.717, 1.165) is 46.7 Å². The zero-order chi connectivity index (χ0) is 20.4. The molecule has 0 amide bonds. The lowest BCUT2D eigenvalue weighted by Gasteiger charge is -2.14. The number of aryl methyl sites for hydroxylation is 3. The molecule has 2 rings (SSSR count). The van der Waals surface area contributed by atoms with Crippen LogP contribution in [0, 0.1) is 13.8 Å². The molecule has 0 heterocycles. The number of hydrogen-bond donors (Lipinski definition) is 0. The second kappa shape index (κ2) is 11.2. The van der Waals surface area contributed by atoms with Crippen LogP contribution in [0.1, 0.15) is 42.5 Å². The highest BCUT2D eigenvalue weighted by Gasteiger charge is 2.08. The van der Waals surface area contributed by atoms with Gasteiger partial charge in [-0.3, -0.25) is 0 Å². The van der Waals surface area contributed by atoms with Crippen LogP contribution in [0.25, 0.3) is 0 Å². The van der Waals surface area contributed by atoms with Gasteiger partial charge in [0, 0.05) is 0 Å². The summed E-state index contributed by atoms with van der Waals surface area (Å²) in [5.41, 5.74) is 5.43. The minimum absolute atomic E-state index is 0.587. The summed E-state index contributed by atoms with van der Waals surface area (Å²) in [5.74, 6) is 1.83. The maximum Gasteiger partial charge on any atom is 0.125 e. The number of allylic oxidation sites excluding steroid dienone is 1. The maximum atomic E-state index is 6.07. The fraction of sp³-hybridized carbons (Fsp3) is 0.375. The van der Waals surface area contributed by atoms with Crippen molar-refractivity contribution in [2.45, 2.75) is 40.5 Å². The zero-order valence-corrected chi connectivity index (χ0v) is 17.6. The molecule has 4 heteroatoms. The van der Waals surface area contributed by atoms with Gasteiger partial charge in [-0.15, -0.1) is 0 Å². The molecule has 0 aromatic heterocycles. The van der Waals surface area contributed by atoms with Gasteiger partial charge in [0.15, 0.2) is 0 Å². The van der Waals surface area contributed by atoms with E-state index < -0.39 is 0 Å². The molecule has 0 bridgehead atoms. The van der Waals surface area contributed by atoms with Crippen molar-refractivity contribution in [2.24, 2.45) is 5.16 Å². The molecule has 0 aliphatic heterocycles. The number of nitrogens with zero attached hydrogens (tertiary/aromatic N) is 1. The van der Waals surface area contributed by atoms with Crippen molar-refractivity contribution in [3.63, 3.8) is 0 Å². The molecule has 0 radical (unpaired) electrons. The Balaban J connectivity index is 1.90. The summed E-state index contributed by atoms with van der Waals surface area (Å²) in [6.07, 6.45) is 5.88. The van der Waals surface area contributed by atoms with E-state index in [9.17, 15) is 0 Å². The minimum atomic E-state index is 0.587. The van der Waals surface area contributed by atoms with E-state index in [4.69, 9.17) is 14.3 Å². The Morgan fingerprint density at radius 3 is 2.50 bits per heavy atom. The summed E-state index contributed by atoms with van der Waals surface area (Å²) in [7, 11) is 1.57. The van der Waals surface area contributed by atoms with Gasteiger partial charge in [-0.25, -0.2) is 0 Å². The Hall–Kier alpha value is -2.75. The van der Waals surface area contributed by atoms with Crippen LogP contribution in [-0.2, 0) is 11.3 Å². The third-order valence-corrected chi connectivity index (χ3v) is 4.44. The average Bonchev–Trinajstić information content (AvgIpc) is 2.67. The standard InChI is InChI=1S/C24H31NO3/c1-6-7-13-27-23-15-18(2)24(19(3)16-23)28-14-9-11-21-10-8-12-22(17-21)20(4)25-26-5/h6-8,10,12,15-17H,9,11,13-14H2,1-5H3/b7-6+,25-20+. The molecular weight excluding hydrogens is 350 g/mol. The molecule has 0 saturated carbocycles. The smallest absolute Gasteiger partial charge is 0.125 e. The van der Waals surface area contributed by atoms with Crippen LogP contribution in [0.2, 0.25) is 0 Å². The lowest BCUT2D eigenvalue weighted by molar-refractivity contribution is 0.213. The van der Waals surface area contributed by atoms with E-state index in [1.54, 1.807) is 7.11 Å². The van der Waals surface area contributed by atoms with Crippen molar-refractivity contribution >= 4 is 5.71 Å². The van der Waals surface area contributed by atoms with Crippen molar-refractivity contribution < 1.29 is 14.3 Å². The van der Waals surface area contributed by atoms with Gasteiger partial charge < -0.3 is 14.3 Å². The molecule has 0 aliphatic rings. The number of ether oxygens (including phenoxy) is 2. The van der Waals surface area contributed by atoms with Crippen LogP contribution in [0.15, 0.2) is 53.7 Å². The topological polar surface area (TPSA) is 40.0 Å². The van der Waals surface area contributed by atoms with E-state index >= 15 is 0 Å². The zero-order valence-electron chi connectivity index (χ0n) is 17.6. The van der Waals surface area contributed by atoms with Crippen molar-refractivity contribution in [3.05, 3.63) is 70.8 Å². The molecule has 150 valence electrons. The Bertz CT molecular complexity index is 801. The van der Waals surface area contributed by atoms with Crippen LogP contribution < -0.4 is 9.47 Å². The first-order valence-corrected chi connectivity index (χ1v) is 9.70. The van der Waals surface area contributed by atoms with Crippen molar-refractivity contribution in [1.82, 2.24) is 0 Å². The number of hydrogen-bond acceptors (Lipinski definition) is 4. The van der Waals surface area contributed by atoms with Crippen LogP contribution in [0.5, 0.6) is 11.5 Å². The van der Waals surface area contributed by atoms with Gasteiger partial charge in [-0.05, 0) is 81.0 Å². The second-order valence-electron chi connectivity index (χ2n) is 6.78. The van der Waals surface area contributed by atoms with Gasteiger partial charge in [-0.1, -0.05) is 35.5 Å². The molecule has 0 saturated heterocycles. The van der Waals surface area contributed by atoms with E-state index in [1.165, 1.54) is 5.56 Å². The summed E-state index contributed by atoms with van der Waals surface area (Å²) < 4.78 is 11.8. The summed E-state index contributed by atoms with van der Waals surface area (Å²) in [6.45, 7) is 9.32. The lowest BCUT2D eigenvalue weighted by Crippen LogP contribution is -2.04. The first-order valence-electron chi connectivity index (χ1n) is 9.70. The Labute approximate surface area is 168 Å². The fourth-order valence-corrected chi connectivity index (χ4v) is 3.05. The summed E-state index contributed by atoms with van der Waals surface area (Å²) in [5, 5.41) is 4.00. The Morgan fingerprint density at radius 1 is 1.07 bits per heavy atom. The number of oxime groups is 1. The van der Waals surface area contributed by atoms with Gasteiger partial charge >= 0.3 is 0 Å². The normalized spacial score (nSPS) is 11.7. The summed E-state index contributed by atoms with van der Waals surface area (Å²) in [6, 6.07) is 12.5. The third kappa shape index (κ3) is 6.45. The summed E-state index contributed by atoms with van der Waals surface area (Å²) in [4.78, 5) is 4.86. The molecule has 0 aliphatic carbocycles. The Morgan fingerprint density at radius 2 is 1.82 bits per heavy atom. The first-order chi connectivity index (χ1) is 13.5. The lowest BCUT2D eigenvalue weighted by atomic mass is 10.0. The van der Waals surface area contributed by atoms with E-state index in [2.05, 4.69) is 37.2 Å². The molecule has 28 heavy (non-hydrogen) atoms. The van der Waals surface area contributed by atoms with Gasteiger partial charge in [0.1, 0.15) is 25.2 Å². The number of benzene rings is 2. The molecule has 4 nitrogen and oxygen atoms in total. The van der Waals surface area contributed by atoms with Crippen molar-refractivity contribution in [3.8, 4) is 11.5 Å². The molecular formula is C24H31NO3. The van der Waals surface area contributed by atoms with E-state index in [0.29, 0.717) is 13.2 Å². The van der Waals surface area contributed by atoms with Crippen LogP contribution in [-0.4, -0.2) is 26.0 Å². The highest BCUT2D eigenvalue weighted by molar-refractivity contribution is 5.98. The van der Waals surface area contributed by atoms with Crippen LogP contribution in [0.4, 0.5) is 0 Å². The van der Waals surface area contributed by atoms with Crippen molar-refractivity contribution in [1.29, 1.82) is 0 Å². The highest BCUT2D eigenvalue weighted by atomic mass is 16.6. The molecule has 0 N–H and O–H groups in total. The molecule has 2 aromatic carbocycles.